The van der Waals surface area contributed by atoms with E-state index in [0.29, 0.717) is 10.9 Å². The minimum Gasteiger partial charge on any atom is -0.467 e. The van der Waals surface area contributed by atoms with Crippen molar-refractivity contribution in [2.24, 2.45) is 0 Å². The summed E-state index contributed by atoms with van der Waals surface area (Å²) >= 11 is 1.13. The zero-order valence-corrected chi connectivity index (χ0v) is 13.8. The molecule has 0 fully saturated rings. The number of hydrogen-bond acceptors (Lipinski definition) is 7. The Balaban J connectivity index is 1.48. The maximum absolute atomic E-state index is 11.9. The number of rotatable bonds is 6. The third-order valence-corrected chi connectivity index (χ3v) is 3.95. The minimum atomic E-state index is -0.593. The normalized spacial score (nSPS) is 10.4. The van der Waals surface area contributed by atoms with E-state index in [1.165, 1.54) is 10.9 Å². The number of carbonyl (C=O) groups excluding carboxylic acids is 2. The Morgan fingerprint density at radius 2 is 2.00 bits per heavy atom. The number of furan rings is 1. The third-order valence-electron chi connectivity index (χ3n) is 3.03. The molecule has 0 radical (unpaired) electrons. The summed E-state index contributed by atoms with van der Waals surface area (Å²) < 4.78 is 6.61. The predicted octanol–water partition coefficient (Wildman–Crippen LogP) is 1.37. The number of imide groups is 1. The monoisotopic (exact) mass is 358 g/mol. The van der Waals surface area contributed by atoms with Gasteiger partial charge >= 0.3 is 6.03 Å². The van der Waals surface area contributed by atoms with Crippen LogP contribution in [0.4, 0.5) is 4.79 Å². The molecule has 0 saturated heterocycles. The molecular formula is C15H14N6O3S. The summed E-state index contributed by atoms with van der Waals surface area (Å²) in [5.41, 5.74) is 0.784. The topological polar surface area (TPSA) is 115 Å². The predicted molar refractivity (Wildman–Crippen MR) is 89.0 cm³/mol. The summed E-state index contributed by atoms with van der Waals surface area (Å²) in [7, 11) is 0. The quantitative estimate of drug-likeness (QED) is 0.640. The van der Waals surface area contributed by atoms with Gasteiger partial charge in [-0.25, -0.2) is 4.79 Å². The van der Waals surface area contributed by atoms with Gasteiger partial charge in [-0.3, -0.25) is 10.1 Å². The van der Waals surface area contributed by atoms with Crippen LogP contribution in [-0.2, 0) is 11.3 Å². The van der Waals surface area contributed by atoms with Crippen molar-refractivity contribution >= 4 is 23.7 Å². The summed E-state index contributed by atoms with van der Waals surface area (Å²) in [6, 6.07) is 12.2. The van der Waals surface area contributed by atoms with Gasteiger partial charge in [0.1, 0.15) is 5.76 Å². The Morgan fingerprint density at radius 3 is 2.76 bits per heavy atom. The second-order valence-corrected chi connectivity index (χ2v) is 5.75. The van der Waals surface area contributed by atoms with Crippen molar-refractivity contribution in [3.63, 3.8) is 0 Å². The van der Waals surface area contributed by atoms with E-state index < -0.39 is 11.9 Å². The zero-order valence-electron chi connectivity index (χ0n) is 13.0. The van der Waals surface area contributed by atoms with Crippen LogP contribution >= 0.6 is 11.8 Å². The standard InChI is InChI=1S/C15H14N6O3S/c22-13(17-14(23)16-9-12-7-4-8-24-12)10-25-15-18-19-20-21(15)11-5-2-1-3-6-11/h1-8H,9-10H2,(H2,16,17,22,23). The Bertz CT molecular complexity index is 834. The molecule has 9 nitrogen and oxygen atoms in total. The van der Waals surface area contributed by atoms with Gasteiger partial charge < -0.3 is 9.73 Å². The van der Waals surface area contributed by atoms with E-state index in [1.54, 1.807) is 12.1 Å². The highest BCUT2D eigenvalue weighted by atomic mass is 32.2. The number of amides is 3. The minimum absolute atomic E-state index is 0.00137. The van der Waals surface area contributed by atoms with Crippen LogP contribution in [0.2, 0.25) is 0 Å². The number of nitrogens with one attached hydrogen (secondary N) is 2. The van der Waals surface area contributed by atoms with E-state index in [-0.39, 0.29) is 12.3 Å². The molecule has 0 aliphatic heterocycles. The molecule has 10 heteroatoms. The molecule has 128 valence electrons. The van der Waals surface area contributed by atoms with Gasteiger partial charge in [0, 0.05) is 0 Å². The average Bonchev–Trinajstić information content (AvgIpc) is 3.30. The molecule has 0 aliphatic carbocycles. The van der Waals surface area contributed by atoms with Crippen LogP contribution in [0.5, 0.6) is 0 Å². The Labute approximate surface area is 146 Å². The molecule has 2 heterocycles. The Kier molecular flexibility index (Phi) is 5.42. The van der Waals surface area contributed by atoms with Crippen molar-refractivity contribution in [1.29, 1.82) is 0 Å². The average molecular weight is 358 g/mol. The molecule has 0 aliphatic rings. The summed E-state index contributed by atoms with van der Waals surface area (Å²) in [4.78, 5) is 23.5. The van der Waals surface area contributed by atoms with Gasteiger partial charge in [0.2, 0.25) is 11.1 Å². The molecule has 0 saturated carbocycles. The Morgan fingerprint density at radius 1 is 1.16 bits per heavy atom. The smallest absolute Gasteiger partial charge is 0.321 e. The Hall–Kier alpha value is -3.14. The fourth-order valence-corrected chi connectivity index (χ4v) is 2.61. The lowest BCUT2D eigenvalue weighted by atomic mass is 10.3. The highest BCUT2D eigenvalue weighted by Gasteiger charge is 2.13. The molecule has 0 unspecified atom stereocenters. The van der Waals surface area contributed by atoms with Crippen LogP contribution in [0.25, 0.3) is 5.69 Å². The van der Waals surface area contributed by atoms with Gasteiger partial charge in [0.05, 0.1) is 24.2 Å². The molecule has 0 spiro atoms. The zero-order chi connectivity index (χ0) is 17.5. The molecular weight excluding hydrogens is 344 g/mol. The SMILES string of the molecule is O=C(CSc1nnnn1-c1ccccc1)NC(=O)NCc1ccco1. The number of tetrazole rings is 1. The summed E-state index contributed by atoms with van der Waals surface area (Å²) in [6.45, 7) is 0.200. The largest absolute Gasteiger partial charge is 0.467 e. The first-order valence-electron chi connectivity index (χ1n) is 7.29. The lowest BCUT2D eigenvalue weighted by molar-refractivity contribution is -0.117. The van der Waals surface area contributed by atoms with E-state index in [4.69, 9.17) is 4.42 Å². The first-order chi connectivity index (χ1) is 12.2. The summed E-state index contributed by atoms with van der Waals surface area (Å²) in [5, 5.41) is 16.6. The van der Waals surface area contributed by atoms with Gasteiger partial charge in [-0.15, -0.1) is 5.10 Å². The molecule has 3 aromatic rings. The van der Waals surface area contributed by atoms with Crippen molar-refractivity contribution in [3.05, 3.63) is 54.5 Å². The van der Waals surface area contributed by atoms with Crippen LogP contribution in [0.1, 0.15) is 5.76 Å². The van der Waals surface area contributed by atoms with Gasteiger partial charge in [-0.1, -0.05) is 30.0 Å². The highest BCUT2D eigenvalue weighted by Crippen LogP contribution is 2.17. The summed E-state index contributed by atoms with van der Waals surface area (Å²) in [5.74, 6) is 0.144. The lowest BCUT2D eigenvalue weighted by Crippen LogP contribution is -2.39. The second kappa shape index (κ2) is 8.11. The van der Waals surface area contributed by atoms with Gasteiger partial charge in [-0.2, -0.15) is 4.68 Å². The molecule has 3 rings (SSSR count). The summed E-state index contributed by atoms with van der Waals surface area (Å²) in [6.07, 6.45) is 1.51. The molecule has 1 aromatic carbocycles. The van der Waals surface area contributed by atoms with Gasteiger partial charge in [0.15, 0.2) is 0 Å². The van der Waals surface area contributed by atoms with Crippen LogP contribution in [0.15, 0.2) is 58.3 Å². The third kappa shape index (κ3) is 4.67. The van der Waals surface area contributed by atoms with Crippen LogP contribution in [0, 0.1) is 0 Å². The van der Waals surface area contributed by atoms with Crippen LogP contribution < -0.4 is 10.6 Å². The van der Waals surface area contributed by atoms with Crippen LogP contribution in [0.3, 0.4) is 0 Å². The first-order valence-corrected chi connectivity index (χ1v) is 8.27. The maximum Gasteiger partial charge on any atom is 0.321 e. The van der Waals surface area contributed by atoms with E-state index >= 15 is 0 Å². The van der Waals surface area contributed by atoms with Crippen molar-refractivity contribution in [2.75, 3.05) is 5.75 Å². The lowest BCUT2D eigenvalue weighted by Gasteiger charge is -2.06. The fourth-order valence-electron chi connectivity index (χ4n) is 1.92. The van der Waals surface area contributed by atoms with E-state index in [9.17, 15) is 9.59 Å². The maximum atomic E-state index is 11.9. The number of thioether (sulfide) groups is 1. The first kappa shape index (κ1) is 16.7. The molecule has 2 N–H and O–H groups in total. The molecule has 0 bridgehead atoms. The van der Waals surface area contributed by atoms with E-state index in [2.05, 4.69) is 26.2 Å². The fraction of sp³-hybridized carbons (Fsp3) is 0.133. The number of hydrogen-bond donors (Lipinski definition) is 2. The van der Waals surface area contributed by atoms with Gasteiger partial charge in [0.25, 0.3) is 0 Å². The molecule has 2 aromatic heterocycles. The number of nitrogens with zero attached hydrogens (tertiary/aromatic N) is 4. The number of urea groups is 1. The second-order valence-electron chi connectivity index (χ2n) is 4.81. The highest BCUT2D eigenvalue weighted by molar-refractivity contribution is 7.99. The van der Waals surface area contributed by atoms with Crippen molar-refractivity contribution < 1.29 is 14.0 Å². The number of carbonyl (C=O) groups is 2. The molecule has 25 heavy (non-hydrogen) atoms. The number of benzene rings is 1. The molecule has 0 atom stereocenters. The van der Waals surface area contributed by atoms with Gasteiger partial charge in [-0.05, 0) is 34.7 Å². The van der Waals surface area contributed by atoms with E-state index in [1.807, 2.05) is 30.3 Å². The van der Waals surface area contributed by atoms with Crippen LogP contribution in [-0.4, -0.2) is 37.9 Å². The van der Waals surface area contributed by atoms with Crippen molar-refractivity contribution in [2.45, 2.75) is 11.7 Å². The molecule has 3 amide bonds. The number of para-hydroxylation sites is 1. The number of aromatic nitrogens is 4. The van der Waals surface area contributed by atoms with Crippen molar-refractivity contribution in [3.8, 4) is 5.69 Å². The van der Waals surface area contributed by atoms with Crippen molar-refractivity contribution in [1.82, 2.24) is 30.8 Å². The van der Waals surface area contributed by atoms with E-state index in [0.717, 1.165) is 17.4 Å².